The second kappa shape index (κ2) is 6.20. The minimum Gasteiger partial charge on any atom is -0.497 e. The molecule has 0 fully saturated rings. The second-order valence-corrected chi connectivity index (χ2v) is 5.69. The molecule has 3 aromatic carbocycles. The minimum absolute atomic E-state index is 0.380. The second-order valence-electron chi connectivity index (χ2n) is 4.77. The Hall–Kier alpha value is -2.33. The molecule has 0 unspecified atom stereocenters. The summed E-state index contributed by atoms with van der Waals surface area (Å²) >= 11 is 3.34. The number of hydrogen-bond donors (Lipinski definition) is 0. The first-order valence-corrected chi connectivity index (χ1v) is 7.50. The van der Waals surface area contributed by atoms with Crippen LogP contribution in [-0.4, -0.2) is 13.1 Å². The van der Waals surface area contributed by atoms with Crippen LogP contribution in [0.25, 0.3) is 10.8 Å². The highest BCUT2D eigenvalue weighted by Crippen LogP contribution is 2.25. The summed E-state index contributed by atoms with van der Waals surface area (Å²) in [5, 5.41) is 2.02. The maximum absolute atomic E-state index is 12.1. The molecule has 4 heteroatoms. The lowest BCUT2D eigenvalue weighted by Crippen LogP contribution is -2.08. The average molecular weight is 357 g/mol. The number of halogens is 1. The van der Waals surface area contributed by atoms with Gasteiger partial charge in [-0.05, 0) is 59.3 Å². The first kappa shape index (κ1) is 14.6. The molecule has 3 aromatic rings. The molecule has 0 heterocycles. The normalized spacial score (nSPS) is 10.5. The summed E-state index contributed by atoms with van der Waals surface area (Å²) in [7, 11) is 1.62. The highest BCUT2D eigenvalue weighted by Gasteiger charge is 2.09. The van der Waals surface area contributed by atoms with Crippen molar-refractivity contribution in [2.75, 3.05) is 7.11 Å². The van der Waals surface area contributed by atoms with Gasteiger partial charge in [0.1, 0.15) is 11.5 Å². The predicted molar refractivity (Wildman–Crippen MR) is 89.6 cm³/mol. The van der Waals surface area contributed by atoms with Crippen LogP contribution in [0.1, 0.15) is 10.4 Å². The van der Waals surface area contributed by atoms with Gasteiger partial charge in [0, 0.05) is 4.47 Å². The lowest BCUT2D eigenvalue weighted by atomic mass is 10.1. The summed E-state index contributed by atoms with van der Waals surface area (Å²) in [6.07, 6.45) is 0. The summed E-state index contributed by atoms with van der Waals surface area (Å²) in [6.45, 7) is 0. The molecule has 0 saturated heterocycles. The van der Waals surface area contributed by atoms with E-state index >= 15 is 0 Å². The molecule has 0 aliphatic carbocycles. The van der Waals surface area contributed by atoms with Crippen LogP contribution in [-0.2, 0) is 0 Å². The smallest absolute Gasteiger partial charge is 0.343 e. The fourth-order valence-electron chi connectivity index (χ4n) is 2.15. The third-order valence-electron chi connectivity index (χ3n) is 3.31. The van der Waals surface area contributed by atoms with Gasteiger partial charge in [-0.25, -0.2) is 4.79 Å². The zero-order chi connectivity index (χ0) is 15.5. The molecule has 110 valence electrons. The Bertz CT molecular complexity index is 825. The van der Waals surface area contributed by atoms with Gasteiger partial charge in [0.15, 0.2) is 0 Å². The van der Waals surface area contributed by atoms with E-state index in [1.807, 2.05) is 42.5 Å². The van der Waals surface area contributed by atoms with E-state index in [-0.39, 0.29) is 5.97 Å². The van der Waals surface area contributed by atoms with E-state index in [0.29, 0.717) is 11.3 Å². The number of esters is 1. The standard InChI is InChI=1S/C18H13BrO3/c1-21-16-8-4-12-5-9-17(11-14(12)10-16)22-18(20)13-2-6-15(19)7-3-13/h2-11H,1H3. The number of carbonyl (C=O) groups is 1. The molecule has 3 rings (SSSR count). The average Bonchev–Trinajstić information content (AvgIpc) is 2.54. The molecule has 0 amide bonds. The fraction of sp³-hybridized carbons (Fsp3) is 0.0556. The Balaban J connectivity index is 1.86. The maximum atomic E-state index is 12.1. The molecule has 22 heavy (non-hydrogen) atoms. The minimum atomic E-state index is -0.380. The van der Waals surface area contributed by atoms with Gasteiger partial charge in [-0.1, -0.05) is 28.1 Å². The van der Waals surface area contributed by atoms with E-state index in [4.69, 9.17) is 9.47 Å². The molecule has 0 aromatic heterocycles. The van der Waals surface area contributed by atoms with Gasteiger partial charge in [-0.2, -0.15) is 0 Å². The maximum Gasteiger partial charge on any atom is 0.343 e. The van der Waals surface area contributed by atoms with Gasteiger partial charge in [-0.15, -0.1) is 0 Å². The monoisotopic (exact) mass is 356 g/mol. The Kier molecular flexibility index (Phi) is 4.11. The van der Waals surface area contributed by atoms with Gasteiger partial charge in [0.2, 0.25) is 0 Å². The van der Waals surface area contributed by atoms with Crippen LogP contribution < -0.4 is 9.47 Å². The molecule has 3 nitrogen and oxygen atoms in total. The van der Waals surface area contributed by atoms with Crippen molar-refractivity contribution in [1.82, 2.24) is 0 Å². The van der Waals surface area contributed by atoms with E-state index < -0.39 is 0 Å². The van der Waals surface area contributed by atoms with Crippen molar-refractivity contribution < 1.29 is 14.3 Å². The Morgan fingerprint density at radius 2 is 1.50 bits per heavy atom. The number of fused-ring (bicyclic) bond motifs is 1. The first-order chi connectivity index (χ1) is 10.7. The van der Waals surface area contributed by atoms with E-state index in [1.54, 1.807) is 25.3 Å². The van der Waals surface area contributed by atoms with Crippen molar-refractivity contribution in [3.8, 4) is 11.5 Å². The molecule has 0 spiro atoms. The van der Waals surface area contributed by atoms with Crippen LogP contribution in [0.4, 0.5) is 0 Å². The summed E-state index contributed by atoms with van der Waals surface area (Å²) in [5.41, 5.74) is 0.508. The van der Waals surface area contributed by atoms with Crippen molar-refractivity contribution in [2.24, 2.45) is 0 Å². The predicted octanol–water partition coefficient (Wildman–Crippen LogP) is 4.83. The van der Waals surface area contributed by atoms with E-state index in [2.05, 4.69) is 15.9 Å². The van der Waals surface area contributed by atoms with Crippen molar-refractivity contribution in [2.45, 2.75) is 0 Å². The van der Waals surface area contributed by atoms with Crippen molar-refractivity contribution in [3.63, 3.8) is 0 Å². The van der Waals surface area contributed by atoms with Gasteiger partial charge in [-0.3, -0.25) is 0 Å². The fourth-order valence-corrected chi connectivity index (χ4v) is 2.41. The quantitative estimate of drug-likeness (QED) is 0.498. The Morgan fingerprint density at radius 1 is 0.864 bits per heavy atom. The molecule has 0 bridgehead atoms. The zero-order valence-corrected chi connectivity index (χ0v) is 13.5. The van der Waals surface area contributed by atoms with Crippen LogP contribution in [0.3, 0.4) is 0 Å². The number of methoxy groups -OCH3 is 1. The number of ether oxygens (including phenoxy) is 2. The van der Waals surface area contributed by atoms with Gasteiger partial charge in [0.05, 0.1) is 12.7 Å². The number of hydrogen-bond acceptors (Lipinski definition) is 3. The van der Waals surface area contributed by atoms with Crippen molar-refractivity contribution in [1.29, 1.82) is 0 Å². The van der Waals surface area contributed by atoms with Crippen LogP contribution in [0.15, 0.2) is 65.1 Å². The third kappa shape index (κ3) is 3.12. The van der Waals surface area contributed by atoms with Crippen molar-refractivity contribution >= 4 is 32.7 Å². The van der Waals surface area contributed by atoms with Crippen LogP contribution in [0, 0.1) is 0 Å². The summed E-state index contributed by atoms with van der Waals surface area (Å²) in [6, 6.07) is 18.4. The number of carbonyl (C=O) groups excluding carboxylic acids is 1. The molecular formula is C18H13BrO3. The van der Waals surface area contributed by atoms with Gasteiger partial charge in [0.25, 0.3) is 0 Å². The number of rotatable bonds is 3. The van der Waals surface area contributed by atoms with E-state index in [0.717, 1.165) is 21.0 Å². The summed E-state index contributed by atoms with van der Waals surface area (Å²) < 4.78 is 11.6. The van der Waals surface area contributed by atoms with E-state index in [1.165, 1.54) is 0 Å². The third-order valence-corrected chi connectivity index (χ3v) is 3.84. The van der Waals surface area contributed by atoms with Crippen LogP contribution in [0.2, 0.25) is 0 Å². The Morgan fingerprint density at radius 3 is 2.18 bits per heavy atom. The molecule has 0 atom stereocenters. The lowest BCUT2D eigenvalue weighted by Gasteiger charge is -2.07. The zero-order valence-electron chi connectivity index (χ0n) is 11.9. The molecule has 0 aliphatic rings. The van der Waals surface area contributed by atoms with Gasteiger partial charge >= 0.3 is 5.97 Å². The molecule has 0 aliphatic heterocycles. The Labute approximate surface area is 136 Å². The van der Waals surface area contributed by atoms with Crippen LogP contribution in [0.5, 0.6) is 11.5 Å². The van der Waals surface area contributed by atoms with E-state index in [9.17, 15) is 4.79 Å². The molecule has 0 radical (unpaired) electrons. The van der Waals surface area contributed by atoms with Gasteiger partial charge < -0.3 is 9.47 Å². The topological polar surface area (TPSA) is 35.5 Å². The van der Waals surface area contributed by atoms with Crippen molar-refractivity contribution in [3.05, 3.63) is 70.7 Å². The molecule has 0 saturated carbocycles. The SMILES string of the molecule is COc1ccc2ccc(OC(=O)c3ccc(Br)cc3)cc2c1. The largest absolute Gasteiger partial charge is 0.497 e. The first-order valence-electron chi connectivity index (χ1n) is 6.71. The van der Waals surface area contributed by atoms with Crippen LogP contribution >= 0.6 is 15.9 Å². The lowest BCUT2D eigenvalue weighted by molar-refractivity contribution is 0.0735. The molecular weight excluding hydrogens is 344 g/mol. The highest BCUT2D eigenvalue weighted by molar-refractivity contribution is 9.10. The number of benzene rings is 3. The summed E-state index contributed by atoms with van der Waals surface area (Å²) in [5.74, 6) is 0.896. The molecule has 0 N–H and O–H groups in total. The highest BCUT2D eigenvalue weighted by atomic mass is 79.9. The summed E-state index contributed by atoms with van der Waals surface area (Å²) in [4.78, 5) is 12.1.